The minimum absolute atomic E-state index is 0.00684. The van der Waals surface area contributed by atoms with E-state index in [-0.39, 0.29) is 4.59 Å². The summed E-state index contributed by atoms with van der Waals surface area (Å²) in [6, 6.07) is 61.6. The molecule has 0 spiro atoms. The van der Waals surface area contributed by atoms with Crippen molar-refractivity contribution in [2.45, 2.75) is 33.1 Å². The van der Waals surface area contributed by atoms with Gasteiger partial charge in [0.05, 0.1) is 5.39 Å². The third kappa shape index (κ3) is 5.92. The van der Waals surface area contributed by atoms with E-state index >= 15 is 0 Å². The Hall–Kier alpha value is -6.07. The van der Waals surface area contributed by atoms with Crippen LogP contribution in [0.2, 0.25) is 0 Å². The highest BCUT2D eigenvalue weighted by Crippen LogP contribution is 2.47. The van der Waals surface area contributed by atoms with E-state index in [2.05, 4.69) is 158 Å². The van der Waals surface area contributed by atoms with E-state index in [1.807, 2.05) is 36.4 Å². The van der Waals surface area contributed by atoms with Gasteiger partial charge in [0, 0.05) is 60.3 Å². The summed E-state index contributed by atoms with van der Waals surface area (Å²) in [6.45, 7) is 4.25. The number of fused-ring (bicyclic) bond motifs is 4. The highest BCUT2D eigenvalue weighted by molar-refractivity contribution is 6.13. The van der Waals surface area contributed by atoms with Crippen LogP contribution < -0.4 is 25.6 Å². The Balaban J connectivity index is 0.00000125. The molecule has 8 aromatic rings. The molecule has 1 aromatic heterocycles. The van der Waals surface area contributed by atoms with Crippen molar-refractivity contribution in [2.24, 2.45) is 5.84 Å². The highest BCUT2D eigenvalue weighted by atomic mass is 16.3. The second-order valence-electron chi connectivity index (χ2n) is 13.4. The third-order valence-electron chi connectivity index (χ3n) is 9.86. The summed E-state index contributed by atoms with van der Waals surface area (Å²) in [7, 11) is 0. The highest BCUT2D eigenvalue weighted by Gasteiger charge is 2.37. The van der Waals surface area contributed by atoms with Crippen LogP contribution in [0.3, 0.4) is 0 Å². The zero-order valence-corrected chi connectivity index (χ0v) is 29.7. The van der Waals surface area contributed by atoms with Crippen LogP contribution in [0.25, 0.3) is 38.8 Å². The molecule has 0 bridgehead atoms. The first-order valence-corrected chi connectivity index (χ1v) is 18.2. The standard InChI is InChI=1S/C45H35N3O.C3H8/c46-48(36-17-8-3-9-18-36,37-27-24-34(25-28-37)33-15-6-2-7-16-33)42-21-12-22-44-45(42)39-31-35(26-30-43(39)49-44)47-40-20-11-10-19-38(40)41(47)29-23-32-13-4-1-5-14-32;1-3-2/h1-22,24-28,30-31H,23,29,46H2;3H2,1-2H3/q+2;. The summed E-state index contributed by atoms with van der Waals surface area (Å²) >= 11 is 0. The number of benzene rings is 7. The molecule has 0 fully saturated rings. The maximum absolute atomic E-state index is 7.66. The minimum atomic E-state index is -0.00684. The normalized spacial score (nSPS) is 13.2. The maximum atomic E-state index is 7.66. The molecule has 52 heavy (non-hydrogen) atoms. The zero-order chi connectivity index (χ0) is 35.5. The topological polar surface area (TPSA) is 42.2 Å². The van der Waals surface area contributed by atoms with E-state index in [1.165, 1.54) is 33.8 Å². The summed E-state index contributed by atoms with van der Waals surface area (Å²) in [5.41, 5.74) is 10.6. The first kappa shape index (κ1) is 33.1. The molecular weight excluding hydrogens is 635 g/mol. The van der Waals surface area contributed by atoms with Gasteiger partial charge < -0.3 is 4.42 Å². The largest absolute Gasteiger partial charge is 0.456 e. The van der Waals surface area contributed by atoms with E-state index in [1.54, 1.807) is 0 Å². The van der Waals surface area contributed by atoms with Crippen LogP contribution in [0, 0.1) is 0 Å². The van der Waals surface area contributed by atoms with Crippen molar-refractivity contribution >= 4 is 50.4 Å². The molecule has 1 aliphatic rings. The molecule has 0 saturated carbocycles. The molecule has 1 unspecified atom stereocenters. The number of hydrogen-bond donors (Lipinski definition) is 1. The number of nitrogens with two attached hydrogens (primary N) is 1. The summed E-state index contributed by atoms with van der Waals surface area (Å²) in [4.78, 5) is 0. The van der Waals surface area contributed by atoms with Crippen LogP contribution in [0.15, 0.2) is 180 Å². The second kappa shape index (κ2) is 14.3. The van der Waals surface area contributed by atoms with Crippen LogP contribution in [-0.4, -0.2) is 0 Å². The van der Waals surface area contributed by atoms with Crippen LogP contribution in [0.4, 0.5) is 22.7 Å². The van der Waals surface area contributed by atoms with Crippen LogP contribution in [0.5, 0.6) is 0 Å². The lowest BCUT2D eigenvalue weighted by atomic mass is 10.0. The fourth-order valence-electron chi connectivity index (χ4n) is 7.41. The van der Waals surface area contributed by atoms with Gasteiger partial charge >= 0.3 is 0 Å². The van der Waals surface area contributed by atoms with Crippen molar-refractivity contribution in [1.29, 1.82) is 0 Å². The molecule has 9 rings (SSSR count). The molecule has 0 aliphatic carbocycles. The Kier molecular flexibility index (Phi) is 9.09. The average Bonchev–Trinajstić information content (AvgIpc) is 3.58. The predicted octanol–water partition coefficient (Wildman–Crippen LogP) is 11.1. The Morgan fingerprint density at radius 2 is 1.17 bits per heavy atom. The molecule has 2 N–H and O–H groups in total. The Morgan fingerprint density at radius 1 is 0.558 bits per heavy atom. The average molecular weight is 678 g/mol. The lowest BCUT2D eigenvalue weighted by molar-refractivity contribution is 0.552. The molecule has 0 radical (unpaired) electrons. The van der Waals surface area contributed by atoms with E-state index in [0.717, 1.165) is 63.1 Å². The Bertz CT molecular complexity index is 2610. The number of nitrogens with zero attached hydrogens (tertiary/aromatic N) is 2. The fraction of sp³-hybridized carbons (Fsp3) is 0.104. The molecule has 4 nitrogen and oxygen atoms in total. The molecule has 1 aliphatic heterocycles. The predicted molar refractivity (Wildman–Crippen MR) is 218 cm³/mol. The molecule has 1 atom stereocenters. The van der Waals surface area contributed by atoms with Gasteiger partial charge in [-0.05, 0) is 53.4 Å². The van der Waals surface area contributed by atoms with E-state index in [0.29, 0.717) is 0 Å². The second-order valence-corrected chi connectivity index (χ2v) is 13.4. The van der Waals surface area contributed by atoms with Crippen molar-refractivity contribution in [3.63, 3.8) is 0 Å². The van der Waals surface area contributed by atoms with Gasteiger partial charge in [0.2, 0.25) is 16.7 Å². The molecule has 7 aromatic carbocycles. The van der Waals surface area contributed by atoms with Gasteiger partial charge in [0.1, 0.15) is 16.4 Å². The molecule has 0 saturated heterocycles. The molecule has 0 amide bonds. The van der Waals surface area contributed by atoms with E-state index in [9.17, 15) is 0 Å². The Morgan fingerprint density at radius 3 is 1.90 bits per heavy atom. The molecule has 4 heteroatoms. The number of rotatable bonds is 8. The zero-order valence-electron chi connectivity index (χ0n) is 29.7. The van der Waals surface area contributed by atoms with Crippen molar-refractivity contribution in [1.82, 2.24) is 9.17 Å². The van der Waals surface area contributed by atoms with Gasteiger partial charge in [-0.15, -0.1) is 0 Å². The van der Waals surface area contributed by atoms with Gasteiger partial charge in [-0.3, -0.25) is 0 Å². The van der Waals surface area contributed by atoms with Crippen molar-refractivity contribution in [3.05, 3.63) is 192 Å². The van der Waals surface area contributed by atoms with Crippen molar-refractivity contribution in [2.75, 3.05) is 0 Å². The number of aryl methyl sites for hydroxylation is 1. The van der Waals surface area contributed by atoms with Gasteiger partial charge in [-0.2, -0.15) is 15.0 Å². The van der Waals surface area contributed by atoms with Crippen molar-refractivity contribution < 1.29 is 4.42 Å². The van der Waals surface area contributed by atoms with Gasteiger partial charge in [0.15, 0.2) is 17.1 Å². The van der Waals surface area contributed by atoms with E-state index in [4.69, 9.17) is 10.3 Å². The Labute approximate surface area is 305 Å². The monoisotopic (exact) mass is 677 g/mol. The third-order valence-corrected chi connectivity index (χ3v) is 9.86. The summed E-state index contributed by atoms with van der Waals surface area (Å²) in [6.07, 6.45) is 3.18. The van der Waals surface area contributed by atoms with Crippen LogP contribution in [-0.2, 0) is 6.42 Å². The lowest BCUT2D eigenvalue weighted by Crippen LogP contribution is -2.49. The van der Waals surface area contributed by atoms with Gasteiger partial charge in [-0.25, -0.2) is 0 Å². The number of quaternary nitrogens is 1. The molecule has 2 heterocycles. The van der Waals surface area contributed by atoms with Crippen molar-refractivity contribution in [3.8, 4) is 11.1 Å². The first-order chi connectivity index (χ1) is 25.6. The van der Waals surface area contributed by atoms with Crippen LogP contribution >= 0.6 is 0 Å². The van der Waals surface area contributed by atoms with Gasteiger partial charge in [0.25, 0.3) is 0 Å². The first-order valence-electron chi connectivity index (χ1n) is 18.2. The molecule has 254 valence electrons. The number of para-hydroxylation sites is 2. The summed E-state index contributed by atoms with van der Waals surface area (Å²) in [5.74, 6) is 7.66. The lowest BCUT2D eigenvalue weighted by Gasteiger charge is -2.32. The number of furan rings is 1. The summed E-state index contributed by atoms with van der Waals surface area (Å²) < 4.78 is 8.93. The molecular formula is C48H43N3O+2. The fourth-order valence-corrected chi connectivity index (χ4v) is 7.41. The van der Waals surface area contributed by atoms with Crippen LogP contribution in [0.1, 0.15) is 32.3 Å². The van der Waals surface area contributed by atoms with Gasteiger partial charge in [-0.1, -0.05) is 117 Å². The SMILES string of the molecule is CCC.N[N+](c1ccccc1)(c1ccc(-c2ccccc2)cc1)c1cccc2oc3ccc([N+]4=c5ccccc5=C4CCc4ccccc4)cc3c12. The minimum Gasteiger partial charge on any atom is -0.456 e. The number of hydrogen-bond acceptors (Lipinski definition) is 2. The maximum Gasteiger partial charge on any atom is 0.225 e. The van der Waals surface area contributed by atoms with E-state index < -0.39 is 0 Å². The quantitative estimate of drug-likeness (QED) is 0.0753. The smallest absolute Gasteiger partial charge is 0.225 e. The summed E-state index contributed by atoms with van der Waals surface area (Å²) in [5, 5.41) is 4.60.